The third kappa shape index (κ3) is 6.25. The maximum Gasteiger partial charge on any atom is 0.412 e. The van der Waals surface area contributed by atoms with Crippen LogP contribution < -0.4 is 10.6 Å². The van der Waals surface area contributed by atoms with E-state index in [4.69, 9.17) is 16.3 Å². The van der Waals surface area contributed by atoms with Crippen LogP contribution in [0.25, 0.3) is 0 Å². The Hall–Kier alpha value is -2.80. The number of aromatic nitrogens is 1. The average Bonchev–Trinajstić information content (AvgIpc) is 2.60. The van der Waals surface area contributed by atoms with Crippen LogP contribution in [0.4, 0.5) is 15.4 Å². The summed E-state index contributed by atoms with van der Waals surface area (Å²) in [6.07, 6.45) is 0.982. The molecule has 0 spiro atoms. The van der Waals surface area contributed by atoms with E-state index in [0.29, 0.717) is 17.4 Å². The molecule has 0 aliphatic carbocycles. The molecule has 138 valence electrons. The van der Waals surface area contributed by atoms with Gasteiger partial charge in [0.1, 0.15) is 12.4 Å². The molecule has 1 aromatic heterocycles. The summed E-state index contributed by atoms with van der Waals surface area (Å²) in [6.45, 7) is 2.54. The summed E-state index contributed by atoms with van der Waals surface area (Å²) in [5, 5.41) is 5.89. The third-order valence-corrected chi connectivity index (χ3v) is 3.91. The van der Waals surface area contributed by atoms with Crippen LogP contribution in [-0.4, -0.2) is 42.2 Å². The van der Waals surface area contributed by atoms with Gasteiger partial charge in [-0.1, -0.05) is 29.8 Å². The molecule has 3 amide bonds. The van der Waals surface area contributed by atoms with Crippen molar-refractivity contribution in [3.05, 3.63) is 58.7 Å². The summed E-state index contributed by atoms with van der Waals surface area (Å²) in [7, 11) is 1.62. The van der Waals surface area contributed by atoms with Crippen molar-refractivity contribution in [3.63, 3.8) is 0 Å². The van der Waals surface area contributed by atoms with Gasteiger partial charge in [-0.05, 0) is 36.2 Å². The molecule has 1 heterocycles. The molecule has 0 bridgehead atoms. The molecule has 0 unspecified atom stereocenters. The number of carbonyl (C=O) groups is 2. The Bertz CT molecular complexity index is 770. The summed E-state index contributed by atoms with van der Waals surface area (Å²) >= 11 is 6.05. The lowest BCUT2D eigenvalue weighted by Crippen LogP contribution is -2.39. The average molecular weight is 377 g/mol. The molecule has 2 rings (SSSR count). The molecule has 0 aliphatic heterocycles. The normalized spacial score (nSPS) is 10.1. The lowest BCUT2D eigenvalue weighted by molar-refractivity contribution is 0.146. The van der Waals surface area contributed by atoms with E-state index in [1.54, 1.807) is 25.4 Å². The standard InChI is InChI=1S/C18H21ClN4O3/c1-13-7-8-20-16(11-13)22-18(25)26-10-9-23(2)17(24)21-12-14-5-3-4-6-15(14)19/h3-8,11H,9-10,12H2,1-2H3,(H,21,24)(H,20,22,25). The highest BCUT2D eigenvalue weighted by Crippen LogP contribution is 2.14. The topological polar surface area (TPSA) is 83.6 Å². The van der Waals surface area contributed by atoms with Gasteiger partial charge in [-0.15, -0.1) is 0 Å². The van der Waals surface area contributed by atoms with Crippen molar-refractivity contribution >= 4 is 29.5 Å². The molecule has 7 nitrogen and oxygen atoms in total. The fraction of sp³-hybridized carbons (Fsp3) is 0.278. The summed E-state index contributed by atoms with van der Waals surface area (Å²) in [4.78, 5) is 29.2. The number of urea groups is 1. The molecule has 1 aromatic carbocycles. The lowest BCUT2D eigenvalue weighted by atomic mass is 10.2. The van der Waals surface area contributed by atoms with Gasteiger partial charge in [0.05, 0.1) is 6.54 Å². The van der Waals surface area contributed by atoms with E-state index in [9.17, 15) is 9.59 Å². The molecule has 0 saturated heterocycles. The minimum absolute atomic E-state index is 0.0632. The van der Waals surface area contributed by atoms with Gasteiger partial charge in [0.25, 0.3) is 0 Å². The van der Waals surface area contributed by atoms with E-state index in [1.165, 1.54) is 4.90 Å². The Labute approximate surface area is 157 Å². The Morgan fingerprint density at radius 3 is 2.77 bits per heavy atom. The van der Waals surface area contributed by atoms with Gasteiger partial charge < -0.3 is 15.0 Å². The fourth-order valence-corrected chi connectivity index (χ4v) is 2.27. The smallest absolute Gasteiger partial charge is 0.412 e. The minimum atomic E-state index is -0.618. The van der Waals surface area contributed by atoms with Crippen molar-refractivity contribution in [3.8, 4) is 0 Å². The van der Waals surface area contributed by atoms with Crippen LogP contribution in [0, 0.1) is 6.92 Å². The number of halogens is 1. The SMILES string of the molecule is Cc1ccnc(NC(=O)OCCN(C)C(=O)NCc2ccccc2Cl)c1. The minimum Gasteiger partial charge on any atom is -0.447 e. The number of carbonyl (C=O) groups excluding carboxylic acids is 2. The zero-order valence-corrected chi connectivity index (χ0v) is 15.4. The number of anilines is 1. The second-order valence-electron chi connectivity index (χ2n) is 5.65. The number of nitrogens with zero attached hydrogens (tertiary/aromatic N) is 2. The van der Waals surface area contributed by atoms with Crippen LogP contribution in [-0.2, 0) is 11.3 Å². The molecule has 0 saturated carbocycles. The van der Waals surface area contributed by atoms with Gasteiger partial charge in [-0.2, -0.15) is 0 Å². The fourth-order valence-electron chi connectivity index (χ4n) is 2.07. The number of amides is 3. The van der Waals surface area contributed by atoms with Crippen LogP contribution in [0.5, 0.6) is 0 Å². The first kappa shape index (κ1) is 19.5. The molecular formula is C18H21ClN4O3. The van der Waals surface area contributed by atoms with E-state index in [2.05, 4.69) is 15.6 Å². The predicted octanol–water partition coefficient (Wildman–Crippen LogP) is 3.43. The molecule has 0 radical (unpaired) electrons. The van der Waals surface area contributed by atoms with Crippen LogP contribution in [0.3, 0.4) is 0 Å². The van der Waals surface area contributed by atoms with Gasteiger partial charge in [0.15, 0.2) is 0 Å². The van der Waals surface area contributed by atoms with Crippen LogP contribution in [0.15, 0.2) is 42.6 Å². The van der Waals surface area contributed by atoms with Gasteiger partial charge in [0, 0.05) is 24.8 Å². The van der Waals surface area contributed by atoms with E-state index in [-0.39, 0.29) is 19.2 Å². The number of rotatable bonds is 6. The molecular weight excluding hydrogens is 356 g/mol. The van der Waals surface area contributed by atoms with Gasteiger partial charge >= 0.3 is 12.1 Å². The second-order valence-corrected chi connectivity index (χ2v) is 6.06. The highest BCUT2D eigenvalue weighted by Gasteiger charge is 2.10. The van der Waals surface area contributed by atoms with Crippen LogP contribution in [0.2, 0.25) is 5.02 Å². The van der Waals surface area contributed by atoms with Gasteiger partial charge in [-0.25, -0.2) is 14.6 Å². The monoisotopic (exact) mass is 376 g/mol. The summed E-state index contributed by atoms with van der Waals surface area (Å²) in [6, 6.07) is 10.6. The van der Waals surface area contributed by atoms with Crippen molar-refractivity contribution in [2.75, 3.05) is 25.5 Å². The molecule has 0 aliphatic rings. The first-order valence-electron chi connectivity index (χ1n) is 8.04. The molecule has 2 N–H and O–H groups in total. The van der Waals surface area contributed by atoms with Crippen LogP contribution >= 0.6 is 11.6 Å². The predicted molar refractivity (Wildman–Crippen MR) is 100 cm³/mol. The van der Waals surface area contributed by atoms with E-state index < -0.39 is 6.09 Å². The van der Waals surface area contributed by atoms with Crippen molar-refractivity contribution < 1.29 is 14.3 Å². The summed E-state index contributed by atoms with van der Waals surface area (Å²) in [5.41, 5.74) is 1.81. The highest BCUT2D eigenvalue weighted by atomic mass is 35.5. The van der Waals surface area contributed by atoms with Crippen molar-refractivity contribution in [1.82, 2.24) is 15.2 Å². The first-order valence-corrected chi connectivity index (χ1v) is 8.42. The number of nitrogens with one attached hydrogen (secondary N) is 2. The molecule has 8 heteroatoms. The number of ether oxygens (including phenoxy) is 1. The van der Waals surface area contributed by atoms with Crippen LogP contribution in [0.1, 0.15) is 11.1 Å². The molecule has 0 atom stereocenters. The van der Waals surface area contributed by atoms with Crippen molar-refractivity contribution in [2.45, 2.75) is 13.5 Å². The number of benzene rings is 1. The number of hydrogen-bond donors (Lipinski definition) is 2. The largest absolute Gasteiger partial charge is 0.447 e. The van der Waals surface area contributed by atoms with E-state index in [1.807, 2.05) is 31.2 Å². The lowest BCUT2D eigenvalue weighted by Gasteiger charge is -2.18. The molecule has 0 fully saturated rings. The number of hydrogen-bond acceptors (Lipinski definition) is 4. The zero-order chi connectivity index (χ0) is 18.9. The van der Waals surface area contributed by atoms with Gasteiger partial charge in [-0.3, -0.25) is 5.32 Å². The number of likely N-dealkylation sites (N-methyl/N-ethyl adjacent to an activating group) is 1. The Kier molecular flexibility index (Phi) is 7.23. The maximum absolute atomic E-state index is 12.0. The highest BCUT2D eigenvalue weighted by molar-refractivity contribution is 6.31. The third-order valence-electron chi connectivity index (χ3n) is 3.54. The molecule has 2 aromatic rings. The number of aryl methyl sites for hydroxylation is 1. The maximum atomic E-state index is 12.0. The van der Waals surface area contributed by atoms with E-state index >= 15 is 0 Å². The second kappa shape index (κ2) is 9.62. The van der Waals surface area contributed by atoms with Gasteiger partial charge in [0.2, 0.25) is 0 Å². The van der Waals surface area contributed by atoms with Crippen molar-refractivity contribution in [2.24, 2.45) is 0 Å². The summed E-state index contributed by atoms with van der Waals surface area (Å²) < 4.78 is 5.06. The Morgan fingerprint density at radius 2 is 2.04 bits per heavy atom. The Morgan fingerprint density at radius 1 is 1.27 bits per heavy atom. The van der Waals surface area contributed by atoms with Crippen molar-refractivity contribution in [1.29, 1.82) is 0 Å². The number of pyridine rings is 1. The molecule has 26 heavy (non-hydrogen) atoms. The Balaban J connectivity index is 1.69. The summed E-state index contributed by atoms with van der Waals surface area (Å²) in [5.74, 6) is 0.417. The van der Waals surface area contributed by atoms with E-state index in [0.717, 1.165) is 11.1 Å². The zero-order valence-electron chi connectivity index (χ0n) is 14.7. The quantitative estimate of drug-likeness (QED) is 0.809. The first-order chi connectivity index (χ1) is 12.5.